The molecule has 3 rings (SSSR count). The summed E-state index contributed by atoms with van der Waals surface area (Å²) < 4.78 is 6.50. The van der Waals surface area contributed by atoms with Gasteiger partial charge in [0.25, 0.3) is 0 Å². The monoisotopic (exact) mass is 370 g/mol. The summed E-state index contributed by atoms with van der Waals surface area (Å²) in [6.45, 7) is 0.323. The quantitative estimate of drug-likeness (QED) is 0.723. The maximum absolute atomic E-state index is 12.0. The van der Waals surface area contributed by atoms with E-state index in [4.69, 9.17) is 4.74 Å². The molecular weight excluding hydrogens is 356 g/mol. The number of rotatable bonds is 5. The van der Waals surface area contributed by atoms with E-state index >= 15 is 0 Å². The molecule has 1 aromatic heterocycles. The first-order chi connectivity index (χ1) is 11.2. The number of hydrogen-bond acceptors (Lipinski definition) is 3. The fourth-order valence-corrected chi connectivity index (χ4v) is 2.56. The van der Waals surface area contributed by atoms with Gasteiger partial charge in [-0.05, 0) is 30.3 Å². The first-order valence-electron chi connectivity index (χ1n) is 7.24. The molecule has 0 saturated carbocycles. The molecule has 1 N–H and O–H groups in total. The Bertz CT molecular complexity index is 836. The van der Waals surface area contributed by atoms with Gasteiger partial charge in [-0.15, -0.1) is 0 Å². The lowest BCUT2D eigenvalue weighted by atomic mass is 10.2. The highest BCUT2D eigenvalue weighted by atomic mass is 79.9. The van der Waals surface area contributed by atoms with Crippen LogP contribution in [0.3, 0.4) is 0 Å². The normalized spacial score (nSPS) is 10.5. The second-order valence-electron chi connectivity index (χ2n) is 5.02. The Morgan fingerprint density at radius 2 is 2.00 bits per heavy atom. The standard InChI is InChI=1S/C18H15BrN2O2/c19-14-5-3-6-16(11-14)23-9-8-18(22)21-15-10-13-4-1-2-7-17(13)20-12-15/h1-7,10-12H,8-9H2,(H,21,22). The zero-order valence-electron chi connectivity index (χ0n) is 12.3. The second-order valence-corrected chi connectivity index (χ2v) is 5.94. The van der Waals surface area contributed by atoms with Crippen molar-refractivity contribution in [3.8, 4) is 5.75 Å². The van der Waals surface area contributed by atoms with Crippen LogP contribution in [0.25, 0.3) is 10.9 Å². The number of ether oxygens (including phenoxy) is 1. The number of anilines is 1. The molecule has 0 atom stereocenters. The number of carbonyl (C=O) groups excluding carboxylic acids is 1. The largest absolute Gasteiger partial charge is 0.493 e. The number of fused-ring (bicyclic) bond motifs is 1. The number of amides is 1. The summed E-state index contributed by atoms with van der Waals surface area (Å²) in [6, 6.07) is 17.2. The van der Waals surface area contributed by atoms with Gasteiger partial charge in [-0.3, -0.25) is 9.78 Å². The van der Waals surface area contributed by atoms with Crippen molar-refractivity contribution >= 4 is 38.4 Å². The lowest BCUT2D eigenvalue weighted by Crippen LogP contribution is -2.15. The molecule has 0 radical (unpaired) electrons. The number of nitrogens with one attached hydrogen (secondary N) is 1. The Labute approximate surface area is 142 Å². The molecule has 116 valence electrons. The zero-order valence-corrected chi connectivity index (χ0v) is 13.9. The van der Waals surface area contributed by atoms with Crippen LogP contribution in [0.1, 0.15) is 6.42 Å². The number of benzene rings is 2. The number of para-hydroxylation sites is 1. The molecule has 3 aromatic rings. The van der Waals surface area contributed by atoms with Crippen LogP contribution in [0, 0.1) is 0 Å². The third-order valence-corrected chi connectivity index (χ3v) is 3.76. The van der Waals surface area contributed by atoms with E-state index in [9.17, 15) is 4.79 Å². The van der Waals surface area contributed by atoms with Crippen LogP contribution in [-0.2, 0) is 4.79 Å². The van der Waals surface area contributed by atoms with E-state index < -0.39 is 0 Å². The molecule has 23 heavy (non-hydrogen) atoms. The van der Waals surface area contributed by atoms with Crippen molar-refractivity contribution < 1.29 is 9.53 Å². The van der Waals surface area contributed by atoms with Crippen LogP contribution in [-0.4, -0.2) is 17.5 Å². The molecule has 4 nitrogen and oxygen atoms in total. The van der Waals surface area contributed by atoms with Crippen molar-refractivity contribution in [1.29, 1.82) is 0 Å². The number of aromatic nitrogens is 1. The van der Waals surface area contributed by atoms with E-state index in [0.717, 1.165) is 21.1 Å². The average molecular weight is 371 g/mol. The van der Waals surface area contributed by atoms with Gasteiger partial charge in [0, 0.05) is 9.86 Å². The Morgan fingerprint density at radius 3 is 2.87 bits per heavy atom. The highest BCUT2D eigenvalue weighted by molar-refractivity contribution is 9.10. The SMILES string of the molecule is O=C(CCOc1cccc(Br)c1)Nc1cnc2ccccc2c1. The van der Waals surface area contributed by atoms with E-state index in [2.05, 4.69) is 26.2 Å². The minimum Gasteiger partial charge on any atom is -0.493 e. The lowest BCUT2D eigenvalue weighted by molar-refractivity contribution is -0.116. The summed E-state index contributed by atoms with van der Waals surface area (Å²) in [4.78, 5) is 16.3. The van der Waals surface area contributed by atoms with Crippen LogP contribution in [0.15, 0.2) is 65.3 Å². The molecular formula is C18H15BrN2O2. The summed E-state index contributed by atoms with van der Waals surface area (Å²) in [5.41, 5.74) is 1.60. The highest BCUT2D eigenvalue weighted by Gasteiger charge is 2.05. The maximum atomic E-state index is 12.0. The van der Waals surface area contributed by atoms with E-state index in [1.165, 1.54) is 0 Å². The Hall–Kier alpha value is -2.40. The summed E-state index contributed by atoms with van der Waals surface area (Å²) in [5, 5.41) is 3.84. The smallest absolute Gasteiger partial charge is 0.227 e. The van der Waals surface area contributed by atoms with Crippen LogP contribution in [0.5, 0.6) is 5.75 Å². The van der Waals surface area contributed by atoms with Gasteiger partial charge in [0.05, 0.1) is 30.4 Å². The number of nitrogens with zero attached hydrogens (tertiary/aromatic N) is 1. The molecule has 1 heterocycles. The number of hydrogen-bond donors (Lipinski definition) is 1. The van der Waals surface area contributed by atoms with Crippen LogP contribution in [0.4, 0.5) is 5.69 Å². The van der Waals surface area contributed by atoms with Gasteiger partial charge in [-0.25, -0.2) is 0 Å². The lowest BCUT2D eigenvalue weighted by Gasteiger charge is -2.08. The fraction of sp³-hybridized carbons (Fsp3) is 0.111. The molecule has 2 aromatic carbocycles. The molecule has 0 unspecified atom stereocenters. The highest BCUT2D eigenvalue weighted by Crippen LogP contribution is 2.18. The topological polar surface area (TPSA) is 51.2 Å². The number of pyridine rings is 1. The van der Waals surface area contributed by atoms with Crippen molar-refractivity contribution in [2.45, 2.75) is 6.42 Å². The molecule has 0 spiro atoms. The Morgan fingerprint density at radius 1 is 1.13 bits per heavy atom. The predicted octanol–water partition coefficient (Wildman–Crippen LogP) is 4.40. The summed E-state index contributed by atoms with van der Waals surface area (Å²) in [6.07, 6.45) is 1.94. The molecule has 0 aliphatic carbocycles. The van der Waals surface area contributed by atoms with Gasteiger partial charge < -0.3 is 10.1 Å². The Balaban J connectivity index is 1.54. The summed E-state index contributed by atoms with van der Waals surface area (Å²) >= 11 is 3.38. The van der Waals surface area contributed by atoms with Gasteiger partial charge in [0.2, 0.25) is 5.91 Å². The minimum atomic E-state index is -0.0999. The van der Waals surface area contributed by atoms with E-state index in [0.29, 0.717) is 12.3 Å². The molecule has 0 fully saturated rings. The van der Waals surface area contributed by atoms with Gasteiger partial charge >= 0.3 is 0 Å². The second kappa shape index (κ2) is 7.24. The maximum Gasteiger partial charge on any atom is 0.227 e. The van der Waals surface area contributed by atoms with Crippen molar-refractivity contribution in [2.75, 3.05) is 11.9 Å². The van der Waals surface area contributed by atoms with Crippen molar-refractivity contribution in [3.05, 3.63) is 65.3 Å². The van der Waals surface area contributed by atoms with E-state index in [1.807, 2.05) is 54.6 Å². The third kappa shape index (κ3) is 4.29. The van der Waals surface area contributed by atoms with Crippen LogP contribution < -0.4 is 10.1 Å². The van der Waals surface area contributed by atoms with Crippen LogP contribution in [0.2, 0.25) is 0 Å². The summed E-state index contributed by atoms with van der Waals surface area (Å²) in [7, 11) is 0. The molecule has 0 bridgehead atoms. The molecule has 1 amide bonds. The van der Waals surface area contributed by atoms with E-state index in [1.54, 1.807) is 6.20 Å². The first kappa shape index (κ1) is 15.5. The summed E-state index contributed by atoms with van der Waals surface area (Å²) in [5.74, 6) is 0.636. The molecule has 0 aliphatic rings. The number of carbonyl (C=O) groups is 1. The van der Waals surface area contributed by atoms with Crippen molar-refractivity contribution in [1.82, 2.24) is 4.98 Å². The van der Waals surface area contributed by atoms with Crippen molar-refractivity contribution in [3.63, 3.8) is 0 Å². The Kier molecular flexibility index (Phi) is 4.88. The van der Waals surface area contributed by atoms with Gasteiger partial charge in [0.15, 0.2) is 0 Å². The average Bonchev–Trinajstić information content (AvgIpc) is 2.55. The first-order valence-corrected chi connectivity index (χ1v) is 8.03. The molecule has 5 heteroatoms. The van der Waals surface area contributed by atoms with Gasteiger partial charge in [-0.2, -0.15) is 0 Å². The number of halogens is 1. The third-order valence-electron chi connectivity index (χ3n) is 3.27. The van der Waals surface area contributed by atoms with Crippen LogP contribution >= 0.6 is 15.9 Å². The molecule has 0 saturated heterocycles. The fourth-order valence-electron chi connectivity index (χ4n) is 2.18. The van der Waals surface area contributed by atoms with Gasteiger partial charge in [0.1, 0.15) is 5.75 Å². The van der Waals surface area contributed by atoms with Crippen molar-refractivity contribution in [2.24, 2.45) is 0 Å². The van der Waals surface area contributed by atoms with E-state index in [-0.39, 0.29) is 12.3 Å². The minimum absolute atomic E-state index is 0.0999. The predicted molar refractivity (Wildman–Crippen MR) is 94.6 cm³/mol. The van der Waals surface area contributed by atoms with Gasteiger partial charge in [-0.1, -0.05) is 40.2 Å². The molecule has 0 aliphatic heterocycles. The zero-order chi connectivity index (χ0) is 16.1.